The molecule has 2 nitrogen and oxygen atoms in total. The Balaban J connectivity index is 2.89. The van der Waals surface area contributed by atoms with Crippen molar-refractivity contribution >= 4 is 0 Å². The molecule has 1 rings (SSSR count). The molecular formula is C8H9O2. The van der Waals surface area contributed by atoms with Crippen molar-refractivity contribution in [2.75, 3.05) is 0 Å². The Morgan fingerprint density at radius 2 is 1.80 bits per heavy atom. The highest BCUT2D eigenvalue weighted by molar-refractivity contribution is 5.26. The van der Waals surface area contributed by atoms with Gasteiger partial charge < -0.3 is 5.11 Å². The maximum absolute atomic E-state index is 10.6. The average Bonchev–Trinajstić information content (AvgIpc) is 1.88. The van der Waals surface area contributed by atoms with Crippen LogP contribution < -0.4 is 0 Å². The lowest BCUT2D eigenvalue weighted by Crippen LogP contribution is -1.88. The summed E-state index contributed by atoms with van der Waals surface area (Å²) in [4.78, 5) is 0. The molecule has 10 heavy (non-hydrogen) atoms. The van der Waals surface area contributed by atoms with Gasteiger partial charge in [-0.3, -0.25) is 5.11 Å². The summed E-state index contributed by atoms with van der Waals surface area (Å²) in [6.45, 7) is 1.67. The summed E-state index contributed by atoms with van der Waals surface area (Å²) in [6, 6.07) is 6.16. The van der Waals surface area contributed by atoms with Crippen LogP contribution in [0.4, 0.5) is 0 Å². The van der Waals surface area contributed by atoms with Gasteiger partial charge in [0.1, 0.15) is 0 Å². The van der Waals surface area contributed by atoms with Gasteiger partial charge in [-0.1, -0.05) is 12.1 Å². The molecule has 0 aliphatic carbocycles. The lowest BCUT2D eigenvalue weighted by atomic mass is 10.1. The molecule has 0 aliphatic heterocycles. The van der Waals surface area contributed by atoms with E-state index in [1.165, 1.54) is 12.1 Å². The van der Waals surface area contributed by atoms with Gasteiger partial charge >= 0.3 is 0 Å². The van der Waals surface area contributed by atoms with Crippen LogP contribution in [0.25, 0.3) is 0 Å². The molecule has 0 amide bonds. The second kappa shape index (κ2) is 2.71. The third-order valence-electron chi connectivity index (χ3n) is 1.36. The number of aliphatic hydroxyl groups is 1. The molecule has 0 aromatic heterocycles. The minimum atomic E-state index is -0.486. The van der Waals surface area contributed by atoms with Crippen molar-refractivity contribution in [2.45, 2.75) is 13.0 Å². The third-order valence-corrected chi connectivity index (χ3v) is 1.36. The molecule has 0 bridgehead atoms. The van der Waals surface area contributed by atoms with E-state index >= 15 is 0 Å². The molecule has 0 heterocycles. The summed E-state index contributed by atoms with van der Waals surface area (Å²) in [5, 5.41) is 19.6. The predicted molar refractivity (Wildman–Crippen MR) is 37.2 cm³/mol. The fraction of sp³-hybridized carbons (Fsp3) is 0.250. The van der Waals surface area contributed by atoms with Gasteiger partial charge in [-0.15, -0.1) is 0 Å². The van der Waals surface area contributed by atoms with E-state index in [1.54, 1.807) is 19.1 Å². The van der Waals surface area contributed by atoms with Crippen LogP contribution >= 0.6 is 0 Å². The number of hydrogen-bond donors (Lipinski definition) is 1. The second-order valence-electron chi connectivity index (χ2n) is 2.25. The van der Waals surface area contributed by atoms with Gasteiger partial charge in [0, 0.05) is 0 Å². The smallest absolute Gasteiger partial charge is 0.178 e. The molecule has 1 aromatic rings. The van der Waals surface area contributed by atoms with Gasteiger partial charge in [-0.05, 0) is 24.6 Å². The Morgan fingerprint density at radius 3 is 2.20 bits per heavy atom. The Bertz CT molecular complexity index is 201. The van der Waals surface area contributed by atoms with Gasteiger partial charge in [0.05, 0.1) is 6.10 Å². The number of rotatable bonds is 1. The first-order valence-electron chi connectivity index (χ1n) is 3.15. The zero-order valence-electron chi connectivity index (χ0n) is 5.74. The van der Waals surface area contributed by atoms with Crippen molar-refractivity contribution in [3.63, 3.8) is 0 Å². The minimum absolute atomic E-state index is 0.0237. The molecule has 0 saturated carbocycles. The largest absolute Gasteiger partial charge is 0.389 e. The summed E-state index contributed by atoms with van der Waals surface area (Å²) in [5.41, 5.74) is 0.777. The van der Waals surface area contributed by atoms with Crippen LogP contribution in [-0.4, -0.2) is 5.11 Å². The maximum atomic E-state index is 10.6. The number of hydrogen-bond acceptors (Lipinski definition) is 1. The predicted octanol–water partition coefficient (Wildman–Crippen LogP) is 1.88. The van der Waals surface area contributed by atoms with Crippen LogP contribution in [0.15, 0.2) is 24.3 Å². The molecule has 1 radical (unpaired) electrons. The highest BCUT2D eigenvalue weighted by Crippen LogP contribution is 2.15. The highest BCUT2D eigenvalue weighted by atomic mass is 16.3. The van der Waals surface area contributed by atoms with Gasteiger partial charge in [0.25, 0.3) is 0 Å². The summed E-state index contributed by atoms with van der Waals surface area (Å²) < 4.78 is 0. The molecule has 2 heteroatoms. The molecule has 1 atom stereocenters. The fourth-order valence-electron chi connectivity index (χ4n) is 0.746. The standard InChI is InChI=1S/C8H9O2/c1-6(9)7-2-4-8(10)5-3-7/h2-6,9H,1H3. The van der Waals surface area contributed by atoms with Crippen molar-refractivity contribution in [3.8, 4) is 5.75 Å². The molecule has 53 valence electrons. The van der Waals surface area contributed by atoms with Crippen LogP contribution in [0.3, 0.4) is 0 Å². The van der Waals surface area contributed by atoms with Gasteiger partial charge in [0.15, 0.2) is 5.75 Å². The molecule has 0 aliphatic rings. The zero-order chi connectivity index (χ0) is 7.56. The van der Waals surface area contributed by atoms with Crippen molar-refractivity contribution < 1.29 is 10.2 Å². The van der Waals surface area contributed by atoms with Crippen molar-refractivity contribution in [1.82, 2.24) is 0 Å². The molecular weight excluding hydrogens is 128 g/mol. The molecule has 1 unspecified atom stereocenters. The normalized spacial score (nSPS) is 13.0. The quantitative estimate of drug-likeness (QED) is 0.630. The van der Waals surface area contributed by atoms with Crippen LogP contribution in [0, 0.1) is 0 Å². The molecule has 0 spiro atoms. The van der Waals surface area contributed by atoms with E-state index in [0.29, 0.717) is 0 Å². The lowest BCUT2D eigenvalue weighted by Gasteiger charge is -2.01. The molecule has 1 N–H and O–H groups in total. The van der Waals surface area contributed by atoms with Crippen LogP contribution in [0.5, 0.6) is 5.75 Å². The van der Waals surface area contributed by atoms with E-state index in [2.05, 4.69) is 0 Å². The first kappa shape index (κ1) is 7.09. The molecule has 1 aromatic carbocycles. The fourth-order valence-corrected chi connectivity index (χ4v) is 0.746. The van der Waals surface area contributed by atoms with Crippen LogP contribution in [0.2, 0.25) is 0 Å². The Morgan fingerprint density at radius 1 is 1.30 bits per heavy atom. The van der Waals surface area contributed by atoms with Gasteiger partial charge in [0.2, 0.25) is 0 Å². The van der Waals surface area contributed by atoms with E-state index in [0.717, 1.165) is 5.56 Å². The summed E-state index contributed by atoms with van der Waals surface area (Å²) in [6.07, 6.45) is -0.486. The monoisotopic (exact) mass is 137 g/mol. The van der Waals surface area contributed by atoms with E-state index < -0.39 is 6.10 Å². The number of aliphatic hydroxyl groups excluding tert-OH is 1. The van der Waals surface area contributed by atoms with E-state index in [1.807, 2.05) is 0 Å². The Labute approximate surface area is 59.7 Å². The Hall–Kier alpha value is -1.02. The molecule has 0 fully saturated rings. The number of benzene rings is 1. The topological polar surface area (TPSA) is 40.1 Å². The first-order chi connectivity index (χ1) is 4.70. The van der Waals surface area contributed by atoms with Crippen molar-refractivity contribution in [1.29, 1.82) is 0 Å². The van der Waals surface area contributed by atoms with Crippen LogP contribution in [0.1, 0.15) is 18.6 Å². The average molecular weight is 137 g/mol. The van der Waals surface area contributed by atoms with Crippen molar-refractivity contribution in [3.05, 3.63) is 29.8 Å². The van der Waals surface area contributed by atoms with E-state index in [9.17, 15) is 5.11 Å². The second-order valence-corrected chi connectivity index (χ2v) is 2.25. The summed E-state index contributed by atoms with van der Waals surface area (Å²) in [5.74, 6) is -0.0237. The summed E-state index contributed by atoms with van der Waals surface area (Å²) in [7, 11) is 0. The minimum Gasteiger partial charge on any atom is -0.389 e. The maximum Gasteiger partial charge on any atom is 0.178 e. The van der Waals surface area contributed by atoms with Crippen LogP contribution in [-0.2, 0) is 5.11 Å². The first-order valence-corrected chi connectivity index (χ1v) is 3.15. The van der Waals surface area contributed by atoms with Gasteiger partial charge in [-0.2, -0.15) is 0 Å². The van der Waals surface area contributed by atoms with Crippen molar-refractivity contribution in [2.24, 2.45) is 0 Å². The SMILES string of the molecule is CC(O)c1ccc([O])cc1. The third kappa shape index (κ3) is 1.48. The van der Waals surface area contributed by atoms with Gasteiger partial charge in [-0.25, -0.2) is 0 Å². The lowest BCUT2D eigenvalue weighted by molar-refractivity contribution is 0.199. The van der Waals surface area contributed by atoms with E-state index in [4.69, 9.17) is 5.11 Å². The highest BCUT2D eigenvalue weighted by Gasteiger charge is 1.98. The Kier molecular flexibility index (Phi) is 1.92. The summed E-state index contributed by atoms with van der Waals surface area (Å²) >= 11 is 0. The molecule has 0 saturated heterocycles. The zero-order valence-corrected chi connectivity index (χ0v) is 5.74. The van der Waals surface area contributed by atoms with E-state index in [-0.39, 0.29) is 5.75 Å².